The van der Waals surface area contributed by atoms with Crippen molar-refractivity contribution in [1.82, 2.24) is 4.90 Å². The van der Waals surface area contributed by atoms with E-state index in [4.69, 9.17) is 33.2 Å². The molecule has 1 aliphatic rings. The summed E-state index contributed by atoms with van der Waals surface area (Å²) in [5, 5.41) is 0. The fraction of sp³-hybridized carbons (Fsp3) is 0.808. The first-order valence-corrected chi connectivity index (χ1v) is 13.3. The Bertz CT molecular complexity index is 804. The second-order valence-electron chi connectivity index (χ2n) is 9.04. The topological polar surface area (TPSA) is 153 Å². The summed E-state index contributed by atoms with van der Waals surface area (Å²) in [6, 6.07) is 0. The molecule has 1 fully saturated rings. The molecule has 224 valence electrons. The summed E-state index contributed by atoms with van der Waals surface area (Å²) < 4.78 is 38.1. The van der Waals surface area contributed by atoms with E-state index >= 15 is 0 Å². The van der Waals surface area contributed by atoms with Gasteiger partial charge in [-0.3, -0.25) is 24.0 Å². The predicted octanol–water partition coefficient (Wildman–Crippen LogP) is 1.53. The lowest BCUT2D eigenvalue weighted by molar-refractivity contribution is -0.308. The van der Waals surface area contributed by atoms with E-state index in [9.17, 15) is 24.0 Å². The Morgan fingerprint density at radius 1 is 0.718 bits per heavy atom. The number of ether oxygens (including phenoxy) is 7. The maximum atomic E-state index is 11.9. The van der Waals surface area contributed by atoms with Crippen molar-refractivity contribution in [2.24, 2.45) is 0 Å². The van der Waals surface area contributed by atoms with Crippen LogP contribution in [0, 0.1) is 0 Å². The third-order valence-corrected chi connectivity index (χ3v) is 5.61. The molecule has 0 radical (unpaired) electrons. The quantitative estimate of drug-likeness (QED) is 0.143. The smallest absolute Gasteiger partial charge is 0.307 e. The highest BCUT2D eigenvalue weighted by molar-refractivity contribution is 5.69. The van der Waals surface area contributed by atoms with Crippen molar-refractivity contribution in [3.05, 3.63) is 0 Å². The molecule has 0 bridgehead atoms. The van der Waals surface area contributed by atoms with Gasteiger partial charge in [0.15, 0.2) is 24.6 Å². The molecule has 0 aromatic rings. The summed E-state index contributed by atoms with van der Waals surface area (Å²) in [6.45, 7) is 10.7. The molecule has 5 unspecified atom stereocenters. The first-order chi connectivity index (χ1) is 18.5. The third kappa shape index (κ3) is 13.7. The highest BCUT2D eigenvalue weighted by atomic mass is 16.7. The molecule has 39 heavy (non-hydrogen) atoms. The Balaban J connectivity index is 3.00. The van der Waals surface area contributed by atoms with Gasteiger partial charge in [0, 0.05) is 40.8 Å². The summed E-state index contributed by atoms with van der Waals surface area (Å²) in [4.78, 5) is 61.0. The zero-order chi connectivity index (χ0) is 29.4. The van der Waals surface area contributed by atoms with Crippen molar-refractivity contribution in [1.29, 1.82) is 0 Å². The van der Waals surface area contributed by atoms with Crippen LogP contribution in [-0.2, 0) is 57.1 Å². The lowest BCUT2D eigenvalue weighted by Crippen LogP contribution is -2.63. The van der Waals surface area contributed by atoms with Crippen molar-refractivity contribution < 1.29 is 57.1 Å². The summed E-state index contributed by atoms with van der Waals surface area (Å²) in [5.74, 6) is -2.97. The molecular formula is C26H43NO12. The maximum absolute atomic E-state index is 11.9. The van der Waals surface area contributed by atoms with Crippen LogP contribution in [0.3, 0.4) is 0 Å². The number of carbonyl (C=O) groups is 5. The molecule has 0 aromatic carbocycles. The number of hydrogen-bond acceptors (Lipinski definition) is 13. The van der Waals surface area contributed by atoms with E-state index in [1.165, 1.54) is 13.8 Å². The number of unbranched alkanes of at least 4 members (excludes halogenated alkanes) is 1. The van der Waals surface area contributed by atoms with Crippen LogP contribution in [0.4, 0.5) is 0 Å². The van der Waals surface area contributed by atoms with E-state index in [0.717, 1.165) is 33.2 Å². The number of carbonyl (C=O) groups excluding carboxylic acids is 5. The van der Waals surface area contributed by atoms with Gasteiger partial charge in [-0.1, -0.05) is 13.3 Å². The SMILES string of the molecule is CCCCN(CCCOC1OC(COC(C)=O)C(OC(C)=O)C(OC(C)=O)C1OC(C)=O)CCC(=O)OCC. The van der Waals surface area contributed by atoms with Crippen molar-refractivity contribution in [2.45, 2.75) is 97.9 Å². The van der Waals surface area contributed by atoms with Gasteiger partial charge in [0.1, 0.15) is 12.7 Å². The molecule has 0 N–H and O–H groups in total. The van der Waals surface area contributed by atoms with Crippen LogP contribution in [0.15, 0.2) is 0 Å². The van der Waals surface area contributed by atoms with Crippen LogP contribution in [0.25, 0.3) is 0 Å². The molecule has 0 saturated carbocycles. The predicted molar refractivity (Wildman–Crippen MR) is 135 cm³/mol. The average Bonchev–Trinajstić information content (AvgIpc) is 2.84. The van der Waals surface area contributed by atoms with Gasteiger partial charge in [-0.05, 0) is 26.3 Å². The van der Waals surface area contributed by atoms with Crippen molar-refractivity contribution in [3.8, 4) is 0 Å². The molecule has 1 saturated heterocycles. The van der Waals surface area contributed by atoms with Crippen LogP contribution in [0.2, 0.25) is 0 Å². The lowest BCUT2D eigenvalue weighted by atomic mass is 9.98. The molecule has 13 nitrogen and oxygen atoms in total. The van der Waals surface area contributed by atoms with Gasteiger partial charge in [0.25, 0.3) is 0 Å². The lowest BCUT2D eigenvalue weighted by Gasteiger charge is -2.44. The second-order valence-corrected chi connectivity index (χ2v) is 9.04. The van der Waals surface area contributed by atoms with E-state index in [1.807, 2.05) is 0 Å². The minimum Gasteiger partial charge on any atom is -0.466 e. The fourth-order valence-electron chi connectivity index (χ4n) is 4.01. The standard InChI is InChI=1S/C26H43NO12/c1-7-9-12-27(14-11-22(32)33-8-2)13-10-15-34-26-25(38-20(6)31)24(37-19(5)30)23(36-18(4)29)21(39-26)16-35-17(3)28/h21,23-26H,7-16H2,1-6H3. The number of hydrogen-bond donors (Lipinski definition) is 0. The summed E-state index contributed by atoms with van der Waals surface area (Å²) >= 11 is 0. The van der Waals surface area contributed by atoms with E-state index in [2.05, 4.69) is 11.8 Å². The van der Waals surface area contributed by atoms with E-state index in [-0.39, 0.29) is 25.6 Å². The van der Waals surface area contributed by atoms with Crippen LogP contribution in [0.5, 0.6) is 0 Å². The largest absolute Gasteiger partial charge is 0.466 e. The van der Waals surface area contributed by atoms with E-state index in [1.54, 1.807) is 6.92 Å². The summed E-state index contributed by atoms with van der Waals surface area (Å²) in [7, 11) is 0. The summed E-state index contributed by atoms with van der Waals surface area (Å²) in [5.41, 5.74) is 0. The van der Waals surface area contributed by atoms with E-state index < -0.39 is 54.6 Å². The molecule has 0 aliphatic carbocycles. The van der Waals surface area contributed by atoms with Gasteiger partial charge >= 0.3 is 29.8 Å². The molecule has 1 rings (SSSR count). The molecule has 5 atom stereocenters. The average molecular weight is 562 g/mol. The zero-order valence-electron chi connectivity index (χ0n) is 23.8. The Morgan fingerprint density at radius 3 is 1.87 bits per heavy atom. The molecule has 0 amide bonds. The number of rotatable bonds is 17. The normalized spacial score (nSPS) is 22.6. The third-order valence-electron chi connectivity index (χ3n) is 5.61. The minimum atomic E-state index is -1.28. The van der Waals surface area contributed by atoms with Gasteiger partial charge in [0.2, 0.25) is 0 Å². The van der Waals surface area contributed by atoms with Gasteiger partial charge in [0.05, 0.1) is 19.6 Å². The number of nitrogens with zero attached hydrogens (tertiary/aromatic N) is 1. The molecule has 1 heterocycles. The first-order valence-electron chi connectivity index (χ1n) is 13.3. The second kappa shape index (κ2) is 18.5. The van der Waals surface area contributed by atoms with Gasteiger partial charge in [-0.15, -0.1) is 0 Å². The van der Waals surface area contributed by atoms with Gasteiger partial charge in [-0.2, -0.15) is 0 Å². The van der Waals surface area contributed by atoms with Crippen LogP contribution < -0.4 is 0 Å². The molecular weight excluding hydrogens is 518 g/mol. The Morgan fingerprint density at radius 2 is 1.31 bits per heavy atom. The van der Waals surface area contributed by atoms with Crippen LogP contribution in [-0.4, -0.2) is 105 Å². The minimum absolute atomic E-state index is 0.162. The van der Waals surface area contributed by atoms with Gasteiger partial charge in [-0.25, -0.2) is 0 Å². The first kappa shape index (κ1) is 34.3. The van der Waals surface area contributed by atoms with Crippen LogP contribution in [0.1, 0.15) is 67.2 Å². The molecule has 1 aliphatic heterocycles. The molecule has 13 heteroatoms. The Hall–Kier alpha value is -2.77. The van der Waals surface area contributed by atoms with Crippen molar-refractivity contribution >= 4 is 29.8 Å². The van der Waals surface area contributed by atoms with Crippen molar-refractivity contribution in [3.63, 3.8) is 0 Å². The van der Waals surface area contributed by atoms with Crippen LogP contribution >= 0.6 is 0 Å². The highest BCUT2D eigenvalue weighted by Gasteiger charge is 2.52. The van der Waals surface area contributed by atoms with Gasteiger partial charge < -0.3 is 38.1 Å². The highest BCUT2D eigenvalue weighted by Crippen LogP contribution is 2.30. The fourth-order valence-corrected chi connectivity index (χ4v) is 4.01. The number of esters is 5. The monoisotopic (exact) mass is 561 g/mol. The summed E-state index contributed by atoms with van der Waals surface area (Å²) in [6.07, 6.45) is -3.27. The molecule has 0 aromatic heterocycles. The zero-order valence-corrected chi connectivity index (χ0v) is 23.8. The Kier molecular flexibility index (Phi) is 16.3. The van der Waals surface area contributed by atoms with Crippen molar-refractivity contribution in [2.75, 3.05) is 39.5 Å². The molecule has 0 spiro atoms. The maximum Gasteiger partial charge on any atom is 0.307 e. The Labute approximate surface area is 229 Å². The van der Waals surface area contributed by atoms with E-state index in [0.29, 0.717) is 26.1 Å².